The average Bonchev–Trinajstić information content (AvgIpc) is 2.26. The van der Waals surface area contributed by atoms with Crippen LogP contribution in [-0.4, -0.2) is 19.6 Å². The molecule has 0 spiro atoms. The zero-order chi connectivity index (χ0) is 12.2. The summed E-state index contributed by atoms with van der Waals surface area (Å²) < 4.78 is 0. The summed E-state index contributed by atoms with van der Waals surface area (Å²) in [5.74, 6) is 0.445. The van der Waals surface area contributed by atoms with Crippen LogP contribution in [-0.2, 0) is 5.41 Å². The Hall–Kier alpha value is -0.490. The third kappa shape index (κ3) is 4.71. The molecule has 3 N–H and O–H groups in total. The van der Waals surface area contributed by atoms with Crippen LogP contribution >= 0.6 is 35.6 Å². The van der Waals surface area contributed by atoms with E-state index in [2.05, 4.69) is 24.2 Å². The molecule has 0 aliphatic carbocycles. The van der Waals surface area contributed by atoms with E-state index in [9.17, 15) is 0 Å². The van der Waals surface area contributed by atoms with Crippen LogP contribution in [0.4, 0.5) is 0 Å². The van der Waals surface area contributed by atoms with Crippen molar-refractivity contribution in [2.24, 2.45) is 10.7 Å². The van der Waals surface area contributed by atoms with Crippen molar-refractivity contribution in [3.63, 3.8) is 0 Å². The maximum Gasteiger partial charge on any atom is 0.188 e. The Bertz CT molecular complexity index is 391. The Morgan fingerprint density at radius 2 is 2.00 bits per heavy atom. The van der Waals surface area contributed by atoms with Crippen LogP contribution in [0.2, 0.25) is 5.02 Å². The molecule has 3 nitrogen and oxygen atoms in total. The van der Waals surface area contributed by atoms with Gasteiger partial charge >= 0.3 is 0 Å². The maximum atomic E-state index is 6.17. The van der Waals surface area contributed by atoms with Gasteiger partial charge in [-0.2, -0.15) is 0 Å². The first kappa shape index (κ1) is 16.5. The van der Waals surface area contributed by atoms with Crippen LogP contribution in [0.1, 0.15) is 19.4 Å². The Labute approximate surface area is 125 Å². The highest BCUT2D eigenvalue weighted by atomic mass is 127. The quantitative estimate of drug-likeness (QED) is 0.490. The number of nitrogens with one attached hydrogen (secondary N) is 1. The van der Waals surface area contributed by atoms with Crippen LogP contribution < -0.4 is 11.1 Å². The molecular weight excluding hydrogens is 349 g/mol. The molecule has 0 bridgehead atoms. The van der Waals surface area contributed by atoms with E-state index in [-0.39, 0.29) is 29.4 Å². The van der Waals surface area contributed by atoms with Crippen LogP contribution in [0.3, 0.4) is 0 Å². The SMILES string of the molecule is CN=C(N)NCC(C)(C)c1ccccc1Cl.I. The van der Waals surface area contributed by atoms with Gasteiger partial charge in [0.1, 0.15) is 0 Å². The second-order valence-electron chi connectivity index (χ2n) is 4.33. The van der Waals surface area contributed by atoms with Crippen molar-refractivity contribution in [3.05, 3.63) is 34.9 Å². The van der Waals surface area contributed by atoms with Gasteiger partial charge in [-0.1, -0.05) is 43.6 Å². The van der Waals surface area contributed by atoms with E-state index in [4.69, 9.17) is 17.3 Å². The summed E-state index contributed by atoms with van der Waals surface area (Å²) in [5, 5.41) is 3.85. The molecule has 0 aliphatic heterocycles. The molecule has 0 heterocycles. The second-order valence-corrected chi connectivity index (χ2v) is 4.73. The number of hydrogen-bond acceptors (Lipinski definition) is 1. The molecule has 1 rings (SSSR count). The van der Waals surface area contributed by atoms with Crippen molar-refractivity contribution in [1.29, 1.82) is 0 Å². The van der Waals surface area contributed by atoms with Crippen molar-refractivity contribution in [2.45, 2.75) is 19.3 Å². The fraction of sp³-hybridized carbons (Fsp3) is 0.417. The van der Waals surface area contributed by atoms with Gasteiger partial charge in [0.15, 0.2) is 5.96 Å². The minimum Gasteiger partial charge on any atom is -0.370 e. The van der Waals surface area contributed by atoms with Gasteiger partial charge < -0.3 is 11.1 Å². The zero-order valence-electron chi connectivity index (χ0n) is 10.3. The van der Waals surface area contributed by atoms with Crippen LogP contribution in [0.15, 0.2) is 29.3 Å². The molecule has 0 amide bonds. The van der Waals surface area contributed by atoms with E-state index in [1.54, 1.807) is 7.05 Å². The van der Waals surface area contributed by atoms with Gasteiger partial charge in [-0.3, -0.25) is 4.99 Å². The Balaban J connectivity index is 0.00000256. The third-order valence-corrected chi connectivity index (χ3v) is 2.88. The molecular formula is C12H19ClIN3. The van der Waals surface area contributed by atoms with Crippen LogP contribution in [0.25, 0.3) is 0 Å². The van der Waals surface area contributed by atoms with Gasteiger partial charge in [0.25, 0.3) is 0 Å². The Kier molecular flexibility index (Phi) is 6.85. The van der Waals surface area contributed by atoms with Crippen molar-refractivity contribution < 1.29 is 0 Å². The predicted molar refractivity (Wildman–Crippen MR) is 85.4 cm³/mol. The fourth-order valence-electron chi connectivity index (χ4n) is 1.50. The minimum absolute atomic E-state index is 0. The van der Waals surface area contributed by atoms with Gasteiger partial charge in [0.05, 0.1) is 0 Å². The van der Waals surface area contributed by atoms with E-state index in [0.717, 1.165) is 10.6 Å². The number of halogens is 2. The lowest BCUT2D eigenvalue weighted by Gasteiger charge is -2.26. The molecule has 0 aliphatic rings. The summed E-state index contributed by atoms with van der Waals surface area (Å²) in [6.07, 6.45) is 0. The van der Waals surface area contributed by atoms with E-state index >= 15 is 0 Å². The summed E-state index contributed by atoms with van der Waals surface area (Å²) in [6.45, 7) is 4.92. The van der Waals surface area contributed by atoms with Gasteiger partial charge in [-0.05, 0) is 11.6 Å². The molecule has 0 saturated carbocycles. The van der Waals surface area contributed by atoms with Gasteiger partial charge in [-0.15, -0.1) is 24.0 Å². The monoisotopic (exact) mass is 367 g/mol. The molecule has 1 aromatic carbocycles. The van der Waals surface area contributed by atoms with Crippen LogP contribution in [0, 0.1) is 0 Å². The van der Waals surface area contributed by atoms with Crippen molar-refractivity contribution in [3.8, 4) is 0 Å². The summed E-state index contributed by atoms with van der Waals surface area (Å²) >= 11 is 6.17. The van der Waals surface area contributed by atoms with E-state index in [1.807, 2.05) is 24.3 Å². The molecule has 0 radical (unpaired) electrons. The second kappa shape index (κ2) is 7.06. The first-order chi connectivity index (χ1) is 7.47. The molecule has 0 fully saturated rings. The molecule has 0 saturated heterocycles. The number of hydrogen-bond donors (Lipinski definition) is 2. The van der Waals surface area contributed by atoms with Crippen LogP contribution in [0.5, 0.6) is 0 Å². The minimum atomic E-state index is -0.0896. The topological polar surface area (TPSA) is 50.4 Å². The van der Waals surface area contributed by atoms with E-state index < -0.39 is 0 Å². The fourth-order valence-corrected chi connectivity index (χ4v) is 1.89. The summed E-state index contributed by atoms with van der Waals surface area (Å²) in [7, 11) is 1.66. The van der Waals surface area contributed by atoms with Crippen molar-refractivity contribution in [1.82, 2.24) is 5.32 Å². The van der Waals surface area contributed by atoms with Gasteiger partial charge in [0, 0.05) is 24.0 Å². The maximum absolute atomic E-state index is 6.17. The number of nitrogens with two attached hydrogens (primary N) is 1. The Morgan fingerprint density at radius 3 is 2.53 bits per heavy atom. The molecule has 17 heavy (non-hydrogen) atoms. The first-order valence-electron chi connectivity index (χ1n) is 5.18. The van der Waals surface area contributed by atoms with E-state index in [1.165, 1.54) is 0 Å². The normalized spacial score (nSPS) is 11.9. The molecule has 0 aromatic heterocycles. The number of guanidine groups is 1. The molecule has 0 atom stereocenters. The number of rotatable bonds is 3. The molecule has 5 heteroatoms. The molecule has 1 aromatic rings. The lowest BCUT2D eigenvalue weighted by atomic mass is 9.84. The summed E-state index contributed by atoms with van der Waals surface area (Å²) in [5.41, 5.74) is 6.62. The zero-order valence-corrected chi connectivity index (χ0v) is 13.4. The lowest BCUT2D eigenvalue weighted by Crippen LogP contribution is -2.40. The average molecular weight is 368 g/mol. The lowest BCUT2D eigenvalue weighted by molar-refractivity contribution is 0.512. The number of benzene rings is 1. The standard InChI is InChI=1S/C12H18ClN3.HI/c1-12(2,8-16-11(14)15-3)9-6-4-5-7-10(9)13;/h4-7H,8H2,1-3H3,(H3,14,15,16);1H. The van der Waals surface area contributed by atoms with E-state index in [0.29, 0.717) is 12.5 Å². The predicted octanol–water partition coefficient (Wildman–Crippen LogP) is 2.77. The largest absolute Gasteiger partial charge is 0.370 e. The molecule has 96 valence electrons. The number of nitrogens with zero attached hydrogens (tertiary/aromatic N) is 1. The smallest absolute Gasteiger partial charge is 0.188 e. The number of aliphatic imine (C=N–C) groups is 1. The third-order valence-electron chi connectivity index (χ3n) is 2.56. The first-order valence-corrected chi connectivity index (χ1v) is 5.56. The van der Waals surface area contributed by atoms with Gasteiger partial charge in [0.2, 0.25) is 0 Å². The summed E-state index contributed by atoms with van der Waals surface area (Å²) in [4.78, 5) is 3.86. The highest BCUT2D eigenvalue weighted by molar-refractivity contribution is 14.0. The Morgan fingerprint density at radius 1 is 1.41 bits per heavy atom. The van der Waals surface area contributed by atoms with Crippen molar-refractivity contribution in [2.75, 3.05) is 13.6 Å². The van der Waals surface area contributed by atoms with Crippen molar-refractivity contribution >= 4 is 41.5 Å². The highest BCUT2D eigenvalue weighted by Crippen LogP contribution is 2.28. The summed E-state index contributed by atoms with van der Waals surface area (Å²) in [6, 6.07) is 7.84. The molecule has 0 unspecified atom stereocenters. The van der Waals surface area contributed by atoms with Gasteiger partial charge in [-0.25, -0.2) is 0 Å². The highest BCUT2D eigenvalue weighted by Gasteiger charge is 2.22.